The van der Waals surface area contributed by atoms with Gasteiger partial charge in [0.05, 0.1) is 0 Å². The third-order valence-corrected chi connectivity index (χ3v) is 4.31. The zero-order chi connectivity index (χ0) is 13.3. The lowest BCUT2D eigenvalue weighted by molar-refractivity contribution is 0.0648. The lowest BCUT2D eigenvalue weighted by Crippen LogP contribution is -2.34. The molecule has 0 heterocycles. The van der Waals surface area contributed by atoms with E-state index in [1.165, 1.54) is 51.4 Å². The Morgan fingerprint density at radius 3 is 2.18 bits per heavy atom. The molecule has 0 nitrogen and oxygen atoms in total. The molecule has 0 aromatic rings. The minimum atomic E-state index is 0.669. The lowest BCUT2D eigenvalue weighted by Gasteiger charge is -2.44. The van der Waals surface area contributed by atoms with Gasteiger partial charge in [-0.05, 0) is 36.5 Å². The molecule has 0 radical (unpaired) electrons. The average Bonchev–Trinajstić information content (AvgIpc) is 2.28. The first-order valence-corrected chi connectivity index (χ1v) is 8.01. The summed E-state index contributed by atoms with van der Waals surface area (Å²) in [4.78, 5) is 0. The minimum absolute atomic E-state index is 0.669. The van der Waals surface area contributed by atoms with Crippen molar-refractivity contribution >= 4 is 0 Å². The Morgan fingerprint density at radius 2 is 1.71 bits per heavy atom. The summed E-state index contributed by atoms with van der Waals surface area (Å²) in [6, 6.07) is 0. The Bertz CT molecular complexity index is 171. The van der Waals surface area contributed by atoms with Gasteiger partial charge in [-0.25, -0.2) is 0 Å². The van der Waals surface area contributed by atoms with E-state index in [1.54, 1.807) is 0 Å². The molecule has 2 atom stereocenters. The van der Waals surface area contributed by atoms with E-state index in [9.17, 15) is 0 Å². The molecule has 2 unspecified atom stereocenters. The van der Waals surface area contributed by atoms with Crippen molar-refractivity contribution in [3.05, 3.63) is 0 Å². The van der Waals surface area contributed by atoms with E-state index in [4.69, 9.17) is 0 Å². The van der Waals surface area contributed by atoms with Gasteiger partial charge in [0.1, 0.15) is 0 Å². The van der Waals surface area contributed by atoms with Crippen molar-refractivity contribution < 1.29 is 0 Å². The third-order valence-electron chi connectivity index (χ3n) is 4.31. The van der Waals surface area contributed by atoms with Gasteiger partial charge in [-0.15, -0.1) is 0 Å². The van der Waals surface area contributed by atoms with Crippen LogP contribution in [0, 0.1) is 17.3 Å². The summed E-state index contributed by atoms with van der Waals surface area (Å²) >= 11 is 0. The highest BCUT2D eigenvalue weighted by Crippen LogP contribution is 2.47. The van der Waals surface area contributed by atoms with Crippen molar-refractivity contribution in [3.8, 4) is 0 Å². The lowest BCUT2D eigenvalue weighted by atomic mass is 9.61. The van der Waals surface area contributed by atoms with Gasteiger partial charge >= 0.3 is 0 Å². The zero-order valence-corrected chi connectivity index (χ0v) is 13.3. The summed E-state index contributed by atoms with van der Waals surface area (Å²) in [6.07, 6.45) is 11.4. The molecule has 0 heteroatoms. The molecule has 1 aliphatic rings. The number of hydrogen-bond donors (Lipinski definition) is 0. The van der Waals surface area contributed by atoms with Crippen LogP contribution in [0.2, 0.25) is 0 Å². The van der Waals surface area contributed by atoms with E-state index in [1.807, 2.05) is 0 Å². The quantitative estimate of drug-likeness (QED) is 0.530. The summed E-state index contributed by atoms with van der Waals surface area (Å²) in [6.45, 7) is 13.9. The Hall–Kier alpha value is 0. The van der Waals surface area contributed by atoms with Gasteiger partial charge in [-0.3, -0.25) is 0 Å². The van der Waals surface area contributed by atoms with Gasteiger partial charge in [-0.2, -0.15) is 0 Å². The predicted molar refractivity (Wildman–Crippen MR) is 80.4 cm³/mol. The van der Waals surface area contributed by atoms with Crippen molar-refractivity contribution in [1.82, 2.24) is 0 Å². The molecule has 0 saturated heterocycles. The summed E-state index contributed by atoms with van der Waals surface area (Å²) in [5, 5.41) is 0. The van der Waals surface area contributed by atoms with Crippen LogP contribution in [0.1, 0.15) is 92.9 Å². The van der Waals surface area contributed by atoms with Crippen molar-refractivity contribution in [1.29, 1.82) is 0 Å². The number of rotatable bonds is 4. The second kappa shape index (κ2) is 9.00. The zero-order valence-electron chi connectivity index (χ0n) is 13.3. The molecule has 1 rings (SSSR count). The van der Waals surface area contributed by atoms with Crippen molar-refractivity contribution in [2.75, 3.05) is 0 Å². The summed E-state index contributed by atoms with van der Waals surface area (Å²) < 4.78 is 0. The van der Waals surface area contributed by atoms with Crippen molar-refractivity contribution in [2.45, 2.75) is 92.9 Å². The van der Waals surface area contributed by atoms with Gasteiger partial charge in [0.2, 0.25) is 0 Å². The molecule has 0 aromatic carbocycles. The smallest absolute Gasteiger partial charge is 0.0295 e. The van der Waals surface area contributed by atoms with E-state index >= 15 is 0 Å². The second-order valence-corrected chi connectivity index (χ2v) is 6.56. The maximum atomic E-state index is 2.55. The molecule has 1 fully saturated rings. The standard InChI is InChI=1S/C14H28.C3H8/c1-5-6-10-14(4)11-8-7-9-13(14)12(2)3;1-3-2/h12-13H,5-11H2,1-4H3;3H2,1-2H3. The fourth-order valence-electron chi connectivity index (χ4n) is 3.46. The first-order valence-electron chi connectivity index (χ1n) is 8.01. The topological polar surface area (TPSA) is 0 Å². The third kappa shape index (κ3) is 5.93. The molecule has 104 valence electrons. The molecule has 0 N–H and O–H groups in total. The van der Waals surface area contributed by atoms with Gasteiger partial charge in [0.25, 0.3) is 0 Å². The highest BCUT2D eigenvalue weighted by molar-refractivity contribution is 4.87. The van der Waals surface area contributed by atoms with Crippen LogP contribution in [0.4, 0.5) is 0 Å². The van der Waals surface area contributed by atoms with E-state index in [0.29, 0.717) is 5.41 Å². The summed E-state index contributed by atoms with van der Waals surface area (Å²) in [7, 11) is 0. The first-order chi connectivity index (χ1) is 8.01. The average molecular weight is 240 g/mol. The second-order valence-electron chi connectivity index (χ2n) is 6.56. The van der Waals surface area contributed by atoms with Crippen LogP contribution in [0.15, 0.2) is 0 Å². The predicted octanol–water partition coefficient (Wildman–Crippen LogP) is 6.45. The monoisotopic (exact) mass is 240 g/mol. The molecular formula is C17H36. The maximum absolute atomic E-state index is 2.55. The largest absolute Gasteiger partial charge is 0.0656 e. The number of hydrogen-bond acceptors (Lipinski definition) is 0. The van der Waals surface area contributed by atoms with E-state index in [0.717, 1.165) is 11.8 Å². The van der Waals surface area contributed by atoms with E-state index < -0.39 is 0 Å². The molecule has 0 aliphatic heterocycles. The fourth-order valence-corrected chi connectivity index (χ4v) is 3.46. The Kier molecular flexibility index (Phi) is 9.00. The van der Waals surface area contributed by atoms with Crippen LogP contribution in [0.5, 0.6) is 0 Å². The van der Waals surface area contributed by atoms with Crippen LogP contribution in [0.25, 0.3) is 0 Å². The van der Waals surface area contributed by atoms with E-state index in [-0.39, 0.29) is 0 Å². The molecule has 0 amide bonds. The highest BCUT2D eigenvalue weighted by Gasteiger charge is 2.37. The Morgan fingerprint density at radius 1 is 1.12 bits per heavy atom. The van der Waals surface area contributed by atoms with Gasteiger partial charge in [0.15, 0.2) is 0 Å². The van der Waals surface area contributed by atoms with Crippen LogP contribution in [-0.2, 0) is 0 Å². The molecule has 1 aliphatic carbocycles. The normalized spacial score (nSPS) is 28.8. The highest BCUT2D eigenvalue weighted by atomic mass is 14.4. The first kappa shape index (κ1) is 17.0. The molecule has 0 spiro atoms. The molecule has 0 aromatic heterocycles. The maximum Gasteiger partial charge on any atom is -0.0295 e. The number of unbranched alkanes of at least 4 members (excludes halogenated alkanes) is 1. The Labute approximate surface area is 111 Å². The van der Waals surface area contributed by atoms with Crippen molar-refractivity contribution in [3.63, 3.8) is 0 Å². The molecular weight excluding hydrogens is 204 g/mol. The molecule has 17 heavy (non-hydrogen) atoms. The van der Waals surface area contributed by atoms with Crippen LogP contribution < -0.4 is 0 Å². The van der Waals surface area contributed by atoms with Crippen LogP contribution in [-0.4, -0.2) is 0 Å². The van der Waals surface area contributed by atoms with Gasteiger partial charge in [-0.1, -0.05) is 73.6 Å². The SMILES string of the molecule is CCC.CCCCC1(C)CCCCC1C(C)C. The summed E-state index contributed by atoms with van der Waals surface area (Å²) in [5.74, 6) is 1.87. The van der Waals surface area contributed by atoms with Gasteiger partial charge < -0.3 is 0 Å². The van der Waals surface area contributed by atoms with Crippen LogP contribution in [0.3, 0.4) is 0 Å². The van der Waals surface area contributed by atoms with Crippen LogP contribution >= 0.6 is 0 Å². The summed E-state index contributed by atoms with van der Waals surface area (Å²) in [5.41, 5.74) is 0.669. The van der Waals surface area contributed by atoms with Crippen molar-refractivity contribution in [2.24, 2.45) is 17.3 Å². The molecule has 1 saturated carbocycles. The van der Waals surface area contributed by atoms with E-state index in [2.05, 4.69) is 41.5 Å². The Balaban J connectivity index is 0.000000770. The molecule has 0 bridgehead atoms. The fraction of sp³-hybridized carbons (Fsp3) is 1.00. The van der Waals surface area contributed by atoms with Gasteiger partial charge in [0, 0.05) is 0 Å². The minimum Gasteiger partial charge on any atom is -0.0656 e.